The first-order valence-corrected chi connectivity index (χ1v) is 13.2. The molecule has 0 saturated carbocycles. The Hall–Kier alpha value is -2.48. The van der Waals surface area contributed by atoms with Crippen molar-refractivity contribution in [3.05, 3.63) is 42.0 Å². The van der Waals surface area contributed by atoms with E-state index in [1.165, 1.54) is 4.90 Å². The van der Waals surface area contributed by atoms with E-state index in [1.54, 1.807) is 45.7 Å². The van der Waals surface area contributed by atoms with Gasteiger partial charge in [0.1, 0.15) is 17.7 Å². The first-order valence-electron chi connectivity index (χ1n) is 11.8. The molecule has 7 nitrogen and oxygen atoms in total. The van der Waals surface area contributed by atoms with E-state index in [2.05, 4.69) is 24.1 Å². The predicted octanol–water partition coefficient (Wildman–Crippen LogP) is 4.78. The van der Waals surface area contributed by atoms with Crippen LogP contribution >= 0.6 is 11.8 Å². The number of ether oxygens (including phenoxy) is 1. The SMILES string of the molecule is C=Cc1cccc(C(C(=O)NCCCCC)N(C)C(=O)C(CCSC)NC(=O)OC(C)(C)C)c1. The second kappa shape index (κ2) is 14.7. The molecule has 1 aromatic carbocycles. The van der Waals surface area contributed by atoms with Crippen molar-refractivity contribution in [2.45, 2.75) is 71.1 Å². The summed E-state index contributed by atoms with van der Waals surface area (Å²) >= 11 is 1.58. The lowest BCUT2D eigenvalue weighted by atomic mass is 10.0. The molecular formula is C26H41N3O4S. The van der Waals surface area contributed by atoms with Crippen LogP contribution in [0, 0.1) is 0 Å². The number of unbranched alkanes of at least 4 members (excludes halogenated alkanes) is 2. The molecule has 0 spiro atoms. The van der Waals surface area contributed by atoms with Crippen LogP contribution in [0.4, 0.5) is 4.79 Å². The maximum Gasteiger partial charge on any atom is 0.408 e. The number of hydrogen-bond donors (Lipinski definition) is 2. The Bertz CT molecular complexity index is 823. The van der Waals surface area contributed by atoms with Gasteiger partial charge in [-0.3, -0.25) is 9.59 Å². The molecule has 34 heavy (non-hydrogen) atoms. The van der Waals surface area contributed by atoms with Crippen LogP contribution in [0.1, 0.15) is 70.5 Å². The molecule has 0 bridgehead atoms. The third-order valence-electron chi connectivity index (χ3n) is 5.12. The van der Waals surface area contributed by atoms with Gasteiger partial charge in [0.2, 0.25) is 11.8 Å². The molecule has 0 fully saturated rings. The number of carbonyl (C=O) groups excluding carboxylic acids is 3. The van der Waals surface area contributed by atoms with Crippen LogP contribution in [0.3, 0.4) is 0 Å². The van der Waals surface area contributed by atoms with Crippen molar-refractivity contribution in [2.24, 2.45) is 0 Å². The smallest absolute Gasteiger partial charge is 0.408 e. The number of benzene rings is 1. The van der Waals surface area contributed by atoms with E-state index in [0.717, 1.165) is 24.8 Å². The quantitative estimate of drug-likeness (QED) is 0.388. The van der Waals surface area contributed by atoms with Crippen LogP contribution in [0.15, 0.2) is 30.8 Å². The minimum atomic E-state index is -0.841. The van der Waals surface area contributed by atoms with Gasteiger partial charge in [0.05, 0.1) is 0 Å². The molecule has 0 saturated heterocycles. The molecule has 1 aromatic rings. The fourth-order valence-corrected chi connectivity index (χ4v) is 3.88. The summed E-state index contributed by atoms with van der Waals surface area (Å²) in [5.74, 6) is 0.0616. The average Bonchev–Trinajstić information content (AvgIpc) is 2.78. The van der Waals surface area contributed by atoms with Gasteiger partial charge in [-0.05, 0) is 62.8 Å². The molecule has 0 radical (unpaired) electrons. The zero-order valence-electron chi connectivity index (χ0n) is 21.5. The van der Waals surface area contributed by atoms with Gasteiger partial charge >= 0.3 is 6.09 Å². The molecule has 8 heteroatoms. The Morgan fingerprint density at radius 2 is 1.94 bits per heavy atom. The van der Waals surface area contributed by atoms with Crippen molar-refractivity contribution in [3.63, 3.8) is 0 Å². The number of carbonyl (C=O) groups is 3. The minimum Gasteiger partial charge on any atom is -0.444 e. The summed E-state index contributed by atoms with van der Waals surface area (Å²) < 4.78 is 5.36. The molecule has 0 heterocycles. The first kappa shape index (κ1) is 29.6. The number of amides is 3. The molecule has 0 aliphatic heterocycles. The fourth-order valence-electron chi connectivity index (χ4n) is 3.41. The number of hydrogen-bond acceptors (Lipinski definition) is 5. The molecular weight excluding hydrogens is 450 g/mol. The molecule has 3 amide bonds. The lowest BCUT2D eigenvalue weighted by molar-refractivity contribution is -0.140. The largest absolute Gasteiger partial charge is 0.444 e. The number of thioether (sulfide) groups is 1. The average molecular weight is 492 g/mol. The summed E-state index contributed by atoms with van der Waals surface area (Å²) in [7, 11) is 1.60. The highest BCUT2D eigenvalue weighted by atomic mass is 32.2. The van der Waals surface area contributed by atoms with Crippen molar-refractivity contribution in [1.82, 2.24) is 15.5 Å². The summed E-state index contributed by atoms with van der Waals surface area (Å²) in [6, 6.07) is 5.75. The summed E-state index contributed by atoms with van der Waals surface area (Å²) in [6.07, 6.45) is 6.33. The van der Waals surface area contributed by atoms with Crippen LogP contribution in [0.25, 0.3) is 6.08 Å². The van der Waals surface area contributed by atoms with Crippen LogP contribution in [0.2, 0.25) is 0 Å². The zero-order chi connectivity index (χ0) is 25.7. The Morgan fingerprint density at radius 1 is 1.24 bits per heavy atom. The molecule has 190 valence electrons. The maximum atomic E-state index is 13.5. The van der Waals surface area contributed by atoms with E-state index in [0.29, 0.717) is 24.3 Å². The van der Waals surface area contributed by atoms with E-state index < -0.39 is 23.8 Å². The molecule has 2 atom stereocenters. The van der Waals surface area contributed by atoms with E-state index in [1.807, 2.05) is 30.5 Å². The van der Waals surface area contributed by atoms with Crippen LogP contribution in [-0.2, 0) is 14.3 Å². The van der Waals surface area contributed by atoms with Crippen molar-refractivity contribution >= 4 is 35.7 Å². The molecule has 2 N–H and O–H groups in total. The van der Waals surface area contributed by atoms with E-state index in [9.17, 15) is 14.4 Å². The van der Waals surface area contributed by atoms with Gasteiger partial charge in [0, 0.05) is 13.6 Å². The van der Waals surface area contributed by atoms with Crippen LogP contribution in [0.5, 0.6) is 0 Å². The van der Waals surface area contributed by atoms with E-state index >= 15 is 0 Å². The molecule has 1 rings (SSSR count). The van der Waals surface area contributed by atoms with E-state index in [-0.39, 0.29) is 11.8 Å². The number of nitrogens with zero attached hydrogens (tertiary/aromatic N) is 1. The molecule has 0 aliphatic rings. The standard InChI is InChI=1S/C26H41N3O4S/c1-8-10-11-16-27-23(30)22(20-14-12-13-19(9-2)18-20)29(6)24(31)21(15-17-34-7)28-25(32)33-26(3,4)5/h9,12-14,18,21-22H,2,8,10-11,15-17H2,1,3-7H3,(H,27,30)(H,28,32). The summed E-state index contributed by atoms with van der Waals surface area (Å²) in [4.78, 5) is 40.6. The van der Waals surface area contributed by atoms with Gasteiger partial charge in [-0.15, -0.1) is 0 Å². The lowest BCUT2D eigenvalue weighted by Crippen LogP contribution is -2.52. The summed E-state index contributed by atoms with van der Waals surface area (Å²) in [5.41, 5.74) is 0.852. The second-order valence-electron chi connectivity index (χ2n) is 9.20. The summed E-state index contributed by atoms with van der Waals surface area (Å²) in [5, 5.41) is 5.67. The second-order valence-corrected chi connectivity index (χ2v) is 10.2. The van der Waals surface area contributed by atoms with Gasteiger partial charge in [0.25, 0.3) is 0 Å². The predicted molar refractivity (Wildman–Crippen MR) is 141 cm³/mol. The number of rotatable bonds is 13. The Labute approximate surface area is 209 Å². The third kappa shape index (κ3) is 10.2. The Morgan fingerprint density at radius 3 is 2.53 bits per heavy atom. The van der Waals surface area contributed by atoms with Crippen molar-refractivity contribution in [1.29, 1.82) is 0 Å². The van der Waals surface area contributed by atoms with Crippen molar-refractivity contribution in [3.8, 4) is 0 Å². The van der Waals surface area contributed by atoms with Gasteiger partial charge in [-0.25, -0.2) is 4.79 Å². The number of nitrogens with one attached hydrogen (secondary N) is 2. The Balaban J connectivity index is 3.19. The minimum absolute atomic E-state index is 0.256. The zero-order valence-corrected chi connectivity index (χ0v) is 22.3. The molecule has 0 aromatic heterocycles. The van der Waals surface area contributed by atoms with Crippen molar-refractivity contribution in [2.75, 3.05) is 25.6 Å². The fraction of sp³-hybridized carbons (Fsp3) is 0.577. The number of alkyl carbamates (subject to hydrolysis) is 1. The lowest BCUT2D eigenvalue weighted by Gasteiger charge is -2.31. The van der Waals surface area contributed by atoms with Gasteiger partial charge < -0.3 is 20.3 Å². The first-order chi connectivity index (χ1) is 16.0. The van der Waals surface area contributed by atoms with Crippen molar-refractivity contribution < 1.29 is 19.1 Å². The van der Waals surface area contributed by atoms with Gasteiger partial charge in [-0.2, -0.15) is 11.8 Å². The Kier molecular flexibility index (Phi) is 12.8. The topological polar surface area (TPSA) is 87.7 Å². The maximum absolute atomic E-state index is 13.5. The van der Waals surface area contributed by atoms with Crippen LogP contribution in [-0.4, -0.2) is 60.1 Å². The highest BCUT2D eigenvalue weighted by Gasteiger charge is 2.33. The monoisotopic (exact) mass is 491 g/mol. The third-order valence-corrected chi connectivity index (χ3v) is 5.77. The highest BCUT2D eigenvalue weighted by Crippen LogP contribution is 2.23. The van der Waals surface area contributed by atoms with E-state index in [4.69, 9.17) is 4.74 Å². The highest BCUT2D eigenvalue weighted by molar-refractivity contribution is 7.98. The normalized spacial score (nSPS) is 12.9. The summed E-state index contributed by atoms with van der Waals surface area (Å²) in [6.45, 7) is 11.7. The van der Waals surface area contributed by atoms with Crippen LogP contribution < -0.4 is 10.6 Å². The molecule has 0 aliphatic carbocycles. The number of likely N-dealkylation sites (N-methyl/N-ethyl adjacent to an activating group) is 1. The molecule has 2 unspecified atom stereocenters. The van der Waals surface area contributed by atoms with Gasteiger partial charge in [-0.1, -0.05) is 50.6 Å². The van der Waals surface area contributed by atoms with Gasteiger partial charge in [0.15, 0.2) is 0 Å².